The van der Waals surface area contributed by atoms with E-state index in [1.54, 1.807) is 0 Å². The molecule has 0 saturated heterocycles. The van der Waals surface area contributed by atoms with Crippen molar-refractivity contribution in [2.45, 2.75) is 151 Å². The van der Waals surface area contributed by atoms with E-state index in [0.717, 1.165) is 42.7 Å². The molecule has 293 valence electrons. The van der Waals surface area contributed by atoms with Gasteiger partial charge in [-0.3, -0.25) is 0 Å². The van der Waals surface area contributed by atoms with Crippen LogP contribution in [0.4, 0.5) is 0 Å². The Morgan fingerprint density at radius 2 is 0.891 bits per heavy atom. The van der Waals surface area contributed by atoms with E-state index in [2.05, 4.69) is 163 Å². The van der Waals surface area contributed by atoms with Gasteiger partial charge in [0, 0.05) is 0 Å². The zero-order chi connectivity index (χ0) is 40.3. The molecule has 0 amide bonds. The fourth-order valence-corrected chi connectivity index (χ4v) is 28.1. The molecule has 2 aliphatic carbocycles. The minimum absolute atomic E-state index is 0.0548. The van der Waals surface area contributed by atoms with Gasteiger partial charge in [0.2, 0.25) is 0 Å². The van der Waals surface area contributed by atoms with E-state index in [1.165, 1.54) is 89.0 Å². The Morgan fingerprint density at radius 1 is 0.545 bits per heavy atom. The van der Waals surface area contributed by atoms with E-state index in [4.69, 9.17) is 17.0 Å². The molecule has 0 aliphatic heterocycles. The molecule has 0 aromatic heterocycles. The summed E-state index contributed by atoms with van der Waals surface area (Å²) in [5.74, 6) is 0. The van der Waals surface area contributed by atoms with Crippen LogP contribution in [0.25, 0.3) is 34.4 Å². The van der Waals surface area contributed by atoms with Gasteiger partial charge in [-0.2, -0.15) is 0 Å². The van der Waals surface area contributed by atoms with Crippen LogP contribution >= 0.6 is 17.0 Å². The maximum atomic E-state index is 8.88. The van der Waals surface area contributed by atoms with Gasteiger partial charge in [-0.25, -0.2) is 0 Å². The summed E-state index contributed by atoms with van der Waals surface area (Å²) in [5, 5.41) is 0. The maximum absolute atomic E-state index is 8.88. The van der Waals surface area contributed by atoms with Gasteiger partial charge < -0.3 is 0 Å². The van der Waals surface area contributed by atoms with E-state index in [9.17, 15) is 0 Å². The molecule has 0 heterocycles. The van der Waals surface area contributed by atoms with Gasteiger partial charge in [0.25, 0.3) is 0 Å². The van der Waals surface area contributed by atoms with Crippen LogP contribution in [-0.4, -0.2) is 0 Å². The first-order chi connectivity index (χ1) is 25.8. The molecule has 2 aliphatic rings. The fraction of sp³-hybridized carbons (Fsp3) is 0.462. The Labute approximate surface area is 343 Å². The Bertz CT molecular complexity index is 2000. The zero-order valence-corrected chi connectivity index (χ0v) is 40.3. The van der Waals surface area contributed by atoms with Crippen molar-refractivity contribution in [3.8, 4) is 22.3 Å². The van der Waals surface area contributed by atoms with Crippen LogP contribution in [0.3, 0.4) is 0 Å². The van der Waals surface area contributed by atoms with Crippen molar-refractivity contribution >= 4 is 29.2 Å². The topological polar surface area (TPSA) is 0 Å². The molecule has 0 N–H and O–H groups in total. The molecule has 0 nitrogen and oxygen atoms in total. The van der Waals surface area contributed by atoms with Gasteiger partial charge in [-0.1, -0.05) is 0 Å². The number of benzene rings is 4. The molecule has 4 aromatic rings. The van der Waals surface area contributed by atoms with Gasteiger partial charge >= 0.3 is 346 Å². The molecule has 55 heavy (non-hydrogen) atoms. The first kappa shape index (κ1) is 42.4. The summed E-state index contributed by atoms with van der Waals surface area (Å²) in [7, 11) is 17.8. The second-order valence-electron chi connectivity index (χ2n) is 19.3. The summed E-state index contributed by atoms with van der Waals surface area (Å²) >= 11 is -5.04. The number of halogens is 2. The average Bonchev–Trinajstić information content (AvgIpc) is 3.74. The summed E-state index contributed by atoms with van der Waals surface area (Å²) in [6.45, 7) is 30.0. The van der Waals surface area contributed by atoms with Crippen molar-refractivity contribution in [2.75, 3.05) is 0 Å². The minimum atomic E-state index is -5.04. The summed E-state index contributed by atoms with van der Waals surface area (Å²) in [5.41, 5.74) is 22.0. The van der Waals surface area contributed by atoms with E-state index in [1.807, 2.05) is 0 Å². The summed E-state index contributed by atoms with van der Waals surface area (Å²) in [4.78, 5) is 0. The molecule has 3 heteroatoms. The summed E-state index contributed by atoms with van der Waals surface area (Å²) < 4.78 is 0.941. The Balaban J connectivity index is 1.62. The molecule has 0 spiro atoms. The van der Waals surface area contributed by atoms with Crippen LogP contribution in [0.15, 0.2) is 71.8 Å². The Kier molecular flexibility index (Phi) is 12.0. The third kappa shape index (κ3) is 7.63. The first-order valence-corrected chi connectivity index (χ1v) is 32.2. The van der Waals surface area contributed by atoms with Crippen LogP contribution < -0.4 is 0 Å². The Morgan fingerprint density at radius 3 is 1.18 bits per heavy atom. The van der Waals surface area contributed by atoms with E-state index >= 15 is 0 Å². The number of hydrogen-bond donors (Lipinski definition) is 0. The van der Waals surface area contributed by atoms with E-state index in [0.29, 0.717) is 0 Å². The van der Waals surface area contributed by atoms with E-state index in [-0.39, 0.29) is 18.1 Å². The molecular formula is C52H67Cl2Zr. The SMILES string of the molecule is CCCCC1=Cc2c(-c3ccc(C(C)(C)C)cc3)cc(C)c(C)c2[CH]1[Zr]([Cl])([Cl])([CH2]C)[CH]1C(CCCC)=Cc2c(-c3ccc(C(C)(C)C)cc3)cc(C)c(C)c21. The third-order valence-corrected chi connectivity index (χ3v) is 34.1. The third-order valence-electron chi connectivity index (χ3n) is 13.5. The molecule has 0 bridgehead atoms. The average molecular weight is 854 g/mol. The monoisotopic (exact) mass is 851 g/mol. The molecule has 6 rings (SSSR count). The predicted octanol–water partition coefficient (Wildman–Crippen LogP) is 17.2. The van der Waals surface area contributed by atoms with Crippen molar-refractivity contribution in [1.29, 1.82) is 0 Å². The van der Waals surface area contributed by atoms with Crippen LogP contribution in [0.5, 0.6) is 0 Å². The van der Waals surface area contributed by atoms with Gasteiger partial charge in [0.15, 0.2) is 0 Å². The molecule has 0 saturated carbocycles. The number of allylic oxidation sites excluding steroid dienone is 2. The van der Waals surface area contributed by atoms with E-state index < -0.39 is 16.4 Å². The molecule has 2 unspecified atom stereocenters. The molecular weight excluding hydrogens is 787 g/mol. The Hall–Kier alpha value is -2.18. The normalized spacial score (nSPS) is 17.8. The van der Waals surface area contributed by atoms with Crippen LogP contribution in [0, 0.1) is 27.7 Å². The second-order valence-corrected chi connectivity index (χ2v) is 42.2. The van der Waals surface area contributed by atoms with Gasteiger partial charge in [0.1, 0.15) is 0 Å². The number of rotatable bonds is 11. The van der Waals surface area contributed by atoms with Crippen molar-refractivity contribution < 1.29 is 16.4 Å². The summed E-state index contributed by atoms with van der Waals surface area (Å²) in [6, 6.07) is 23.5. The molecule has 0 fully saturated rings. The van der Waals surface area contributed by atoms with Crippen molar-refractivity contribution in [1.82, 2.24) is 0 Å². The van der Waals surface area contributed by atoms with Crippen molar-refractivity contribution in [3.05, 3.63) is 127 Å². The quantitative estimate of drug-likeness (QED) is 0.141. The number of fused-ring (bicyclic) bond motifs is 2. The standard InChI is InChI=1S/2C25H31.C2H5.2ClH.Zr/c2*1-7-8-9-19-15-22-18(3)17(2)14-23(24(22)16-19)20-10-12-21(13-11-20)25(4,5)6;1-2;;;/h2*10-16H,7-9H2,1-6H3;1H2,2H3;2*1H;/q;;;;;+2/p-2. The van der Waals surface area contributed by atoms with Gasteiger partial charge in [-0.05, 0) is 0 Å². The number of unbranched alkanes of at least 4 members (excludes halogenated alkanes) is 2. The van der Waals surface area contributed by atoms with Crippen LogP contribution in [0.2, 0.25) is 4.13 Å². The summed E-state index contributed by atoms with van der Waals surface area (Å²) in [6.07, 6.45) is 11.7. The van der Waals surface area contributed by atoms with Crippen molar-refractivity contribution in [3.63, 3.8) is 0 Å². The number of aryl methyl sites for hydroxylation is 2. The van der Waals surface area contributed by atoms with Crippen LogP contribution in [-0.2, 0) is 27.2 Å². The predicted molar refractivity (Wildman–Crippen MR) is 243 cm³/mol. The molecule has 2 atom stereocenters. The van der Waals surface area contributed by atoms with Gasteiger partial charge in [0.05, 0.1) is 0 Å². The first-order valence-electron chi connectivity index (χ1n) is 21.2. The molecule has 4 aromatic carbocycles. The van der Waals surface area contributed by atoms with Gasteiger partial charge in [-0.15, -0.1) is 0 Å². The van der Waals surface area contributed by atoms with Crippen LogP contribution in [0.1, 0.15) is 164 Å². The van der Waals surface area contributed by atoms with Crippen molar-refractivity contribution in [2.24, 2.45) is 0 Å². The molecule has 0 radical (unpaired) electrons. The second kappa shape index (κ2) is 15.5. The zero-order valence-electron chi connectivity index (χ0n) is 36.3. The fourth-order valence-electron chi connectivity index (χ4n) is 9.78. The number of hydrogen-bond acceptors (Lipinski definition) is 0.